The first-order chi connectivity index (χ1) is 18.9. The third kappa shape index (κ3) is 4.16. The van der Waals surface area contributed by atoms with Gasteiger partial charge in [-0.2, -0.15) is 0 Å². The second-order valence-electron chi connectivity index (χ2n) is 11.7. The molecule has 0 atom stereocenters. The first kappa shape index (κ1) is 26.1. The Morgan fingerprint density at radius 2 is 1.77 bits per heavy atom. The number of fused-ring (bicyclic) bond motifs is 4. The summed E-state index contributed by atoms with van der Waals surface area (Å²) in [5.74, 6) is -0.377. The molecule has 40 heavy (non-hydrogen) atoms. The summed E-state index contributed by atoms with van der Waals surface area (Å²) >= 11 is 3.58. The average molecular weight is 596 g/mol. The highest BCUT2D eigenvalue weighted by atomic mass is 79.9. The molecule has 5 N–H and O–H groups in total. The van der Waals surface area contributed by atoms with E-state index in [0.29, 0.717) is 12.2 Å². The molecule has 0 aliphatic carbocycles. The van der Waals surface area contributed by atoms with E-state index in [-0.39, 0.29) is 17.7 Å². The maximum absolute atomic E-state index is 13.6. The van der Waals surface area contributed by atoms with Crippen LogP contribution in [-0.2, 0) is 23.2 Å². The number of rotatable bonds is 4. The molecule has 0 fully saturated rings. The highest BCUT2D eigenvalue weighted by Gasteiger charge is 2.31. The molecule has 202 valence electrons. The van der Waals surface area contributed by atoms with Crippen LogP contribution in [0.1, 0.15) is 53.4 Å². The van der Waals surface area contributed by atoms with Crippen molar-refractivity contribution >= 4 is 60.9 Å². The third-order valence-corrected chi connectivity index (χ3v) is 8.67. The highest BCUT2D eigenvalue weighted by Crippen LogP contribution is 2.42. The number of primary amides is 1. The van der Waals surface area contributed by atoms with Gasteiger partial charge < -0.3 is 21.4 Å². The lowest BCUT2D eigenvalue weighted by Crippen LogP contribution is -2.24. The van der Waals surface area contributed by atoms with E-state index >= 15 is 0 Å². The van der Waals surface area contributed by atoms with Gasteiger partial charge in [0.1, 0.15) is 0 Å². The molecule has 1 aliphatic heterocycles. The quantitative estimate of drug-likeness (QED) is 0.193. The van der Waals surface area contributed by atoms with Gasteiger partial charge in [-0.25, -0.2) is 0 Å². The van der Waals surface area contributed by atoms with Gasteiger partial charge in [-0.15, -0.1) is 0 Å². The molecule has 6 rings (SSSR count). The van der Waals surface area contributed by atoms with Crippen LogP contribution >= 0.6 is 15.9 Å². The van der Waals surface area contributed by atoms with E-state index < -0.39 is 5.91 Å². The number of anilines is 2. The Morgan fingerprint density at radius 3 is 2.50 bits per heavy atom. The topological polar surface area (TPSA) is 105 Å². The molecule has 7 heteroatoms. The van der Waals surface area contributed by atoms with Crippen LogP contribution in [0.5, 0.6) is 0 Å². The molecule has 5 aromatic rings. The number of H-pyrrole nitrogens is 1. The standard InChI is InChI=1S/C33H31BrN4O2/c1-17-21(6-5-7-28(17)38-16-19-12-20(33(2,3)4)9-11-22(19)32(38)40)23-10-8-18(13-29(36)39)31-30(23)24-14-25(34)26(35)15-27(24)37-31/h5-12,14-15,37H,13,16,35H2,1-4H3,(H2,36,39). The summed E-state index contributed by atoms with van der Waals surface area (Å²) in [6.45, 7) is 9.15. The van der Waals surface area contributed by atoms with Gasteiger partial charge in [0.05, 0.1) is 18.5 Å². The number of nitrogens with two attached hydrogens (primary N) is 2. The summed E-state index contributed by atoms with van der Waals surface area (Å²) in [7, 11) is 0. The number of aromatic amines is 1. The Hall–Kier alpha value is -4.10. The number of nitrogen functional groups attached to an aromatic ring is 1. The van der Waals surface area contributed by atoms with Crippen molar-refractivity contribution in [2.75, 3.05) is 10.6 Å². The number of carbonyl (C=O) groups is 2. The Labute approximate surface area is 241 Å². The molecule has 2 amide bonds. The van der Waals surface area contributed by atoms with Gasteiger partial charge in [-0.1, -0.05) is 57.2 Å². The fraction of sp³-hybridized carbons (Fsp3) is 0.212. The molecular formula is C33H31BrN4O2. The molecule has 0 spiro atoms. The van der Waals surface area contributed by atoms with E-state index in [0.717, 1.165) is 65.3 Å². The molecule has 4 aromatic carbocycles. The van der Waals surface area contributed by atoms with E-state index in [1.807, 2.05) is 47.4 Å². The van der Waals surface area contributed by atoms with Crippen LogP contribution < -0.4 is 16.4 Å². The van der Waals surface area contributed by atoms with Crippen LogP contribution in [-0.4, -0.2) is 16.8 Å². The Bertz CT molecular complexity index is 1880. The molecule has 0 saturated carbocycles. The molecule has 1 aromatic heterocycles. The zero-order valence-electron chi connectivity index (χ0n) is 23.0. The van der Waals surface area contributed by atoms with Crippen LogP contribution in [0.2, 0.25) is 0 Å². The molecule has 0 saturated heterocycles. The smallest absolute Gasteiger partial charge is 0.258 e. The third-order valence-electron chi connectivity index (χ3n) is 7.98. The van der Waals surface area contributed by atoms with Gasteiger partial charge in [0, 0.05) is 37.7 Å². The van der Waals surface area contributed by atoms with E-state index in [9.17, 15) is 9.59 Å². The molecular weight excluding hydrogens is 564 g/mol. The second-order valence-corrected chi connectivity index (χ2v) is 12.5. The van der Waals surface area contributed by atoms with Gasteiger partial charge in [-0.05, 0) is 85.9 Å². The van der Waals surface area contributed by atoms with Crippen LogP contribution in [0.4, 0.5) is 11.4 Å². The lowest BCUT2D eigenvalue weighted by Gasteiger charge is -2.21. The Kier molecular flexibility index (Phi) is 6.04. The van der Waals surface area contributed by atoms with Gasteiger partial charge in [0.15, 0.2) is 0 Å². The van der Waals surface area contributed by atoms with E-state index in [1.54, 1.807) is 0 Å². The predicted octanol–water partition coefficient (Wildman–Crippen LogP) is 7.13. The lowest BCUT2D eigenvalue weighted by atomic mass is 9.85. The number of amides is 2. The SMILES string of the molecule is Cc1c(-c2ccc(CC(N)=O)c3[nH]c4cc(N)c(Br)cc4c23)cccc1N1Cc2cc(C(C)(C)C)ccc2C1=O. The average Bonchev–Trinajstić information content (AvgIpc) is 3.42. The first-order valence-electron chi connectivity index (χ1n) is 13.3. The van der Waals surface area contributed by atoms with Crippen molar-refractivity contribution in [2.24, 2.45) is 5.73 Å². The Morgan fingerprint density at radius 1 is 1.02 bits per heavy atom. The Balaban J connectivity index is 1.51. The summed E-state index contributed by atoms with van der Waals surface area (Å²) in [5.41, 5.74) is 21.9. The van der Waals surface area contributed by atoms with E-state index in [4.69, 9.17) is 11.5 Å². The normalized spacial score (nSPS) is 13.4. The van der Waals surface area contributed by atoms with Crippen LogP contribution in [0.3, 0.4) is 0 Å². The van der Waals surface area contributed by atoms with E-state index in [1.165, 1.54) is 5.56 Å². The molecule has 0 radical (unpaired) electrons. The van der Waals surface area contributed by atoms with Crippen molar-refractivity contribution in [1.29, 1.82) is 0 Å². The van der Waals surface area contributed by atoms with Crippen molar-refractivity contribution in [3.05, 3.63) is 93.0 Å². The van der Waals surface area contributed by atoms with Crippen molar-refractivity contribution < 1.29 is 9.59 Å². The van der Waals surface area contributed by atoms with Crippen LogP contribution in [0.25, 0.3) is 32.9 Å². The fourth-order valence-corrected chi connectivity index (χ4v) is 6.20. The zero-order chi connectivity index (χ0) is 28.5. The van der Waals surface area contributed by atoms with Crippen molar-refractivity contribution in [3.63, 3.8) is 0 Å². The molecule has 1 aliphatic rings. The van der Waals surface area contributed by atoms with Gasteiger partial charge in [-0.3, -0.25) is 9.59 Å². The number of aromatic nitrogens is 1. The minimum atomic E-state index is -0.395. The summed E-state index contributed by atoms with van der Waals surface area (Å²) in [5, 5.41) is 1.97. The summed E-state index contributed by atoms with van der Waals surface area (Å²) in [4.78, 5) is 30.8. The monoisotopic (exact) mass is 594 g/mol. The first-order valence-corrected chi connectivity index (χ1v) is 14.1. The maximum atomic E-state index is 13.6. The number of hydrogen-bond acceptors (Lipinski definition) is 3. The number of nitrogens with one attached hydrogen (secondary N) is 1. The van der Waals surface area contributed by atoms with Gasteiger partial charge >= 0.3 is 0 Å². The predicted molar refractivity (Wildman–Crippen MR) is 167 cm³/mol. The zero-order valence-corrected chi connectivity index (χ0v) is 24.6. The minimum absolute atomic E-state index is 0.00632. The van der Waals surface area contributed by atoms with Crippen molar-refractivity contribution in [2.45, 2.75) is 46.1 Å². The second kappa shape index (κ2) is 9.24. The summed E-state index contributed by atoms with van der Waals surface area (Å²) in [6.07, 6.45) is 0.121. The minimum Gasteiger partial charge on any atom is -0.398 e. The number of benzene rings is 4. The largest absolute Gasteiger partial charge is 0.398 e. The van der Waals surface area contributed by atoms with Crippen LogP contribution in [0, 0.1) is 6.92 Å². The van der Waals surface area contributed by atoms with E-state index in [2.05, 4.69) is 66.8 Å². The fourth-order valence-electron chi connectivity index (χ4n) is 5.85. The van der Waals surface area contributed by atoms with Crippen molar-refractivity contribution in [3.8, 4) is 11.1 Å². The molecule has 2 heterocycles. The maximum Gasteiger partial charge on any atom is 0.258 e. The number of hydrogen-bond donors (Lipinski definition) is 3. The molecule has 6 nitrogen and oxygen atoms in total. The summed E-state index contributed by atoms with van der Waals surface area (Å²) in [6, 6.07) is 20.2. The van der Waals surface area contributed by atoms with Crippen LogP contribution in [0.15, 0.2) is 65.1 Å². The summed E-state index contributed by atoms with van der Waals surface area (Å²) < 4.78 is 0.799. The highest BCUT2D eigenvalue weighted by molar-refractivity contribution is 9.10. The number of nitrogens with zero attached hydrogens (tertiary/aromatic N) is 1. The molecule has 0 unspecified atom stereocenters. The number of halogens is 1. The van der Waals surface area contributed by atoms with Gasteiger partial charge in [0.25, 0.3) is 5.91 Å². The molecule has 0 bridgehead atoms. The van der Waals surface area contributed by atoms with Crippen molar-refractivity contribution in [1.82, 2.24) is 4.98 Å². The van der Waals surface area contributed by atoms with Gasteiger partial charge in [0.2, 0.25) is 5.91 Å². The lowest BCUT2D eigenvalue weighted by molar-refractivity contribution is -0.117. The number of carbonyl (C=O) groups excluding carboxylic acids is 2.